The van der Waals surface area contributed by atoms with Crippen molar-refractivity contribution in [3.8, 4) is 0 Å². The van der Waals surface area contributed by atoms with Gasteiger partial charge >= 0.3 is 0 Å². The second-order valence-electron chi connectivity index (χ2n) is 5.35. The van der Waals surface area contributed by atoms with Gasteiger partial charge in [0.1, 0.15) is 11.0 Å². The number of sulfone groups is 1. The van der Waals surface area contributed by atoms with Crippen LogP contribution in [0.5, 0.6) is 0 Å². The van der Waals surface area contributed by atoms with E-state index in [0.717, 1.165) is 4.90 Å². The van der Waals surface area contributed by atoms with Gasteiger partial charge in [-0.25, -0.2) is 8.42 Å². The summed E-state index contributed by atoms with van der Waals surface area (Å²) in [6.45, 7) is 5.75. The molecule has 1 rings (SSSR count). The molecule has 2 amide bonds. The average molecular weight is 331 g/mol. The summed E-state index contributed by atoms with van der Waals surface area (Å²) in [5.41, 5.74) is 0. The minimum atomic E-state index is -3.56. The lowest BCUT2D eigenvalue weighted by atomic mass is 10.4. The molecule has 9 heteroatoms. The molecule has 1 aromatic rings. The highest BCUT2D eigenvalue weighted by Crippen LogP contribution is 2.12. The lowest BCUT2D eigenvalue weighted by Crippen LogP contribution is -2.44. The highest BCUT2D eigenvalue weighted by Gasteiger charge is 2.33. The summed E-state index contributed by atoms with van der Waals surface area (Å²) in [6.07, 6.45) is 0. The number of carbonyl (C=O) groups is 2. The number of likely N-dealkylation sites (N-methyl/N-ethyl adjacent to an activating group) is 1. The molecule has 0 aliphatic rings. The standard InChI is InChI=1S/C13H21N3O5S/c1-8(2)22(19,20)10(4)13(18)16(5)7-12(17)14-11-6-9(3)21-15-11/h6,8,10H,7H2,1-5H3,(H,14,15,17). The first-order chi connectivity index (χ1) is 10.1. The van der Waals surface area contributed by atoms with Crippen LogP contribution in [0.25, 0.3) is 0 Å². The summed E-state index contributed by atoms with van der Waals surface area (Å²) < 4.78 is 28.8. The van der Waals surface area contributed by atoms with Gasteiger partial charge in [-0.15, -0.1) is 0 Å². The van der Waals surface area contributed by atoms with E-state index < -0.39 is 32.2 Å². The van der Waals surface area contributed by atoms with Crippen molar-refractivity contribution in [2.45, 2.75) is 38.2 Å². The van der Waals surface area contributed by atoms with Crippen LogP contribution in [0.2, 0.25) is 0 Å². The van der Waals surface area contributed by atoms with Crippen molar-refractivity contribution in [1.29, 1.82) is 0 Å². The van der Waals surface area contributed by atoms with E-state index in [-0.39, 0.29) is 12.4 Å². The normalized spacial score (nSPS) is 13.0. The molecule has 0 spiro atoms. The van der Waals surface area contributed by atoms with E-state index in [0.29, 0.717) is 5.76 Å². The van der Waals surface area contributed by atoms with Gasteiger partial charge in [0.15, 0.2) is 15.7 Å². The van der Waals surface area contributed by atoms with Gasteiger partial charge in [0.05, 0.1) is 11.8 Å². The Morgan fingerprint density at radius 1 is 1.36 bits per heavy atom. The first-order valence-electron chi connectivity index (χ1n) is 6.76. The molecule has 0 bridgehead atoms. The van der Waals surface area contributed by atoms with E-state index in [1.807, 2.05) is 0 Å². The SMILES string of the molecule is Cc1cc(NC(=O)CN(C)C(=O)C(C)S(=O)(=O)C(C)C)no1. The van der Waals surface area contributed by atoms with Crippen molar-refractivity contribution in [3.05, 3.63) is 11.8 Å². The number of anilines is 1. The van der Waals surface area contributed by atoms with Crippen molar-refractivity contribution in [2.75, 3.05) is 18.9 Å². The van der Waals surface area contributed by atoms with Crippen molar-refractivity contribution >= 4 is 27.5 Å². The van der Waals surface area contributed by atoms with Crippen LogP contribution in [0.3, 0.4) is 0 Å². The molecule has 0 aromatic carbocycles. The van der Waals surface area contributed by atoms with Crippen LogP contribution in [-0.2, 0) is 19.4 Å². The molecule has 1 aromatic heterocycles. The lowest BCUT2D eigenvalue weighted by molar-refractivity contribution is -0.132. The summed E-state index contributed by atoms with van der Waals surface area (Å²) in [4.78, 5) is 25.0. The smallest absolute Gasteiger partial charge is 0.245 e. The van der Waals surface area contributed by atoms with Gasteiger partial charge in [-0.1, -0.05) is 5.16 Å². The first-order valence-corrected chi connectivity index (χ1v) is 8.37. The largest absolute Gasteiger partial charge is 0.360 e. The number of aromatic nitrogens is 1. The van der Waals surface area contributed by atoms with E-state index >= 15 is 0 Å². The van der Waals surface area contributed by atoms with E-state index in [9.17, 15) is 18.0 Å². The number of nitrogens with one attached hydrogen (secondary N) is 1. The van der Waals surface area contributed by atoms with Crippen LogP contribution in [0.15, 0.2) is 10.6 Å². The van der Waals surface area contributed by atoms with Crippen molar-refractivity contribution in [2.24, 2.45) is 0 Å². The lowest BCUT2D eigenvalue weighted by Gasteiger charge is -2.22. The van der Waals surface area contributed by atoms with Crippen LogP contribution < -0.4 is 5.32 Å². The Morgan fingerprint density at radius 2 is 1.95 bits per heavy atom. The topological polar surface area (TPSA) is 110 Å². The Bertz CT molecular complexity index is 650. The molecule has 0 radical (unpaired) electrons. The number of hydrogen-bond acceptors (Lipinski definition) is 6. The third-order valence-electron chi connectivity index (χ3n) is 3.15. The Balaban J connectivity index is 2.66. The number of amides is 2. The molecule has 22 heavy (non-hydrogen) atoms. The zero-order valence-electron chi connectivity index (χ0n) is 13.3. The number of carbonyl (C=O) groups excluding carboxylic acids is 2. The number of aryl methyl sites for hydroxylation is 1. The summed E-state index contributed by atoms with van der Waals surface area (Å²) in [6, 6.07) is 1.53. The van der Waals surface area contributed by atoms with Crippen molar-refractivity contribution in [1.82, 2.24) is 10.1 Å². The van der Waals surface area contributed by atoms with Crippen LogP contribution >= 0.6 is 0 Å². The summed E-state index contributed by atoms with van der Waals surface area (Å²) in [5.74, 6) is -0.332. The molecule has 8 nitrogen and oxygen atoms in total. The van der Waals surface area contributed by atoms with Gasteiger partial charge in [-0.2, -0.15) is 0 Å². The van der Waals surface area contributed by atoms with Crippen molar-refractivity contribution in [3.63, 3.8) is 0 Å². The van der Waals surface area contributed by atoms with E-state index in [1.54, 1.807) is 6.92 Å². The maximum absolute atomic E-state index is 12.1. The fourth-order valence-corrected chi connectivity index (χ4v) is 3.04. The zero-order chi connectivity index (χ0) is 17.1. The van der Waals surface area contributed by atoms with Crippen LogP contribution in [0.1, 0.15) is 26.5 Å². The monoisotopic (exact) mass is 331 g/mol. The van der Waals surface area contributed by atoms with Gasteiger partial charge < -0.3 is 14.7 Å². The van der Waals surface area contributed by atoms with E-state index in [4.69, 9.17) is 4.52 Å². The number of hydrogen-bond donors (Lipinski definition) is 1. The molecule has 0 saturated carbocycles. The number of rotatable bonds is 6. The first kappa shape index (κ1) is 18.1. The minimum absolute atomic E-state index is 0.242. The summed E-state index contributed by atoms with van der Waals surface area (Å²) in [7, 11) is -2.19. The van der Waals surface area contributed by atoms with Gasteiger partial charge in [-0.3, -0.25) is 9.59 Å². The second-order valence-corrected chi connectivity index (χ2v) is 8.17. The predicted molar refractivity (Wildman–Crippen MR) is 81.0 cm³/mol. The van der Waals surface area contributed by atoms with E-state index in [2.05, 4.69) is 10.5 Å². The molecular formula is C13H21N3O5S. The maximum Gasteiger partial charge on any atom is 0.245 e. The fraction of sp³-hybridized carbons (Fsp3) is 0.615. The Labute approximate surface area is 129 Å². The Kier molecular flexibility index (Phi) is 5.70. The van der Waals surface area contributed by atoms with Crippen LogP contribution in [0, 0.1) is 6.92 Å². The minimum Gasteiger partial charge on any atom is -0.360 e. The van der Waals surface area contributed by atoms with E-state index in [1.165, 1.54) is 33.9 Å². The molecule has 1 unspecified atom stereocenters. The molecule has 0 saturated heterocycles. The van der Waals surface area contributed by atoms with Gasteiger partial charge in [-0.05, 0) is 27.7 Å². The van der Waals surface area contributed by atoms with Gasteiger partial charge in [0.25, 0.3) is 0 Å². The highest BCUT2D eigenvalue weighted by atomic mass is 32.2. The third-order valence-corrected chi connectivity index (χ3v) is 5.65. The average Bonchev–Trinajstić information content (AvgIpc) is 2.81. The second kappa shape index (κ2) is 6.91. The summed E-state index contributed by atoms with van der Waals surface area (Å²) >= 11 is 0. The van der Waals surface area contributed by atoms with Gasteiger partial charge in [0.2, 0.25) is 11.8 Å². The van der Waals surface area contributed by atoms with Gasteiger partial charge in [0, 0.05) is 13.1 Å². The molecule has 1 atom stereocenters. The molecule has 0 aliphatic carbocycles. The molecule has 0 aliphatic heterocycles. The van der Waals surface area contributed by atoms with Crippen LogP contribution in [0.4, 0.5) is 5.82 Å². The third kappa shape index (κ3) is 4.30. The maximum atomic E-state index is 12.1. The van der Waals surface area contributed by atoms with Crippen LogP contribution in [-0.4, -0.2) is 54.4 Å². The molecule has 124 valence electrons. The zero-order valence-corrected chi connectivity index (χ0v) is 14.1. The summed E-state index contributed by atoms with van der Waals surface area (Å²) in [5, 5.41) is 4.21. The van der Waals surface area contributed by atoms with Crippen molar-refractivity contribution < 1.29 is 22.5 Å². The Morgan fingerprint density at radius 3 is 2.41 bits per heavy atom. The molecule has 0 fully saturated rings. The quantitative estimate of drug-likeness (QED) is 0.817. The molecular weight excluding hydrogens is 310 g/mol. The predicted octanol–water partition coefficient (Wildman–Crippen LogP) is 0.592. The highest BCUT2D eigenvalue weighted by molar-refractivity contribution is 7.93. The number of nitrogens with zero attached hydrogens (tertiary/aromatic N) is 2. The molecule has 1 N–H and O–H groups in total. The Hall–Kier alpha value is -1.90. The fourth-order valence-electron chi connectivity index (χ4n) is 1.76. The molecule has 1 heterocycles.